The highest BCUT2D eigenvalue weighted by Gasteiger charge is 2.38. The maximum Gasteiger partial charge on any atom is 0.323 e. The average molecular weight is 643 g/mol. The van der Waals surface area contributed by atoms with Crippen LogP contribution in [0.5, 0.6) is 0 Å². The third kappa shape index (κ3) is 9.84. The number of fused-ring (bicyclic) bond motifs is 1. The quantitative estimate of drug-likeness (QED) is 0.128. The molecule has 0 bridgehead atoms. The van der Waals surface area contributed by atoms with Crippen molar-refractivity contribution in [2.24, 2.45) is 5.92 Å². The number of anilines is 1. The van der Waals surface area contributed by atoms with Gasteiger partial charge in [0.1, 0.15) is 19.2 Å². The molecule has 5 atom stereocenters. The number of ether oxygens (including phenoxy) is 1. The number of carboxylic acids is 1. The van der Waals surface area contributed by atoms with Crippen LogP contribution in [-0.2, 0) is 25.3 Å². The van der Waals surface area contributed by atoms with Gasteiger partial charge in [-0.3, -0.25) is 14.7 Å². The smallest absolute Gasteiger partial charge is 0.323 e. The molecule has 5 unspecified atom stereocenters. The third-order valence-corrected chi connectivity index (χ3v) is 9.95. The minimum absolute atomic E-state index is 0.0667. The van der Waals surface area contributed by atoms with Crippen LogP contribution >= 0.6 is 7.29 Å². The Morgan fingerprint density at radius 3 is 2.44 bits per heavy atom. The Balaban J connectivity index is 1.65. The van der Waals surface area contributed by atoms with Gasteiger partial charge >= 0.3 is 11.9 Å². The molecule has 0 spiro atoms. The van der Waals surface area contributed by atoms with Crippen LogP contribution in [0.4, 0.5) is 10.1 Å². The van der Waals surface area contributed by atoms with Gasteiger partial charge in [-0.15, -0.1) is 0 Å². The molecule has 1 aliphatic heterocycles. The van der Waals surface area contributed by atoms with E-state index >= 15 is 0 Å². The van der Waals surface area contributed by atoms with E-state index < -0.39 is 43.9 Å². The van der Waals surface area contributed by atoms with Gasteiger partial charge in [-0.2, -0.15) is 0 Å². The summed E-state index contributed by atoms with van der Waals surface area (Å²) in [5.41, 5.74) is 5.29. The minimum atomic E-state index is -2.90. The summed E-state index contributed by atoms with van der Waals surface area (Å²) in [5, 5.41) is 36.2. The summed E-state index contributed by atoms with van der Waals surface area (Å²) in [5.74, 6) is -1.59. The molecule has 1 heterocycles. The molecule has 2 aromatic carbocycles. The molecular formula is C34H44FN2O7P. The lowest BCUT2D eigenvalue weighted by Gasteiger charge is -2.32. The molecule has 2 aromatic rings. The SMILES string of the molecule is CC(C)OC(=O)C(C)NP(C)(=O)CCc1ccc2c(c1)C(c1ccc(F)cc1)=C(/C=C/C(O)CC(O)CC(=O)O)C(C1CC1)N2. The molecule has 0 amide bonds. The van der Waals surface area contributed by atoms with Crippen molar-refractivity contribution in [3.05, 3.63) is 82.7 Å². The lowest BCUT2D eigenvalue weighted by Crippen LogP contribution is -2.35. The predicted molar refractivity (Wildman–Crippen MR) is 173 cm³/mol. The summed E-state index contributed by atoms with van der Waals surface area (Å²) in [6.07, 6.45) is 3.14. The predicted octanol–water partition coefficient (Wildman–Crippen LogP) is 5.35. The highest BCUT2D eigenvalue weighted by atomic mass is 31.2. The molecule has 9 nitrogen and oxygen atoms in total. The van der Waals surface area contributed by atoms with Gasteiger partial charge in [-0.1, -0.05) is 30.4 Å². The highest BCUT2D eigenvalue weighted by molar-refractivity contribution is 7.61. The Labute approximate surface area is 264 Å². The van der Waals surface area contributed by atoms with Crippen molar-refractivity contribution in [3.8, 4) is 0 Å². The fraction of sp³-hybridized carbons (Fsp3) is 0.471. The Kier molecular flexibility index (Phi) is 11.4. The van der Waals surface area contributed by atoms with Crippen LogP contribution in [0.3, 0.4) is 0 Å². The van der Waals surface area contributed by atoms with Crippen molar-refractivity contribution in [1.29, 1.82) is 0 Å². The number of carbonyl (C=O) groups excluding carboxylic acids is 1. The number of hydrogen-bond acceptors (Lipinski definition) is 7. The van der Waals surface area contributed by atoms with Gasteiger partial charge in [-0.25, -0.2) is 4.39 Å². The van der Waals surface area contributed by atoms with E-state index in [1.54, 1.807) is 45.6 Å². The standard InChI is InChI=1S/C34H44FN2O7P/c1-20(2)44-34(42)21(3)37-45(4,43)16-15-22-5-14-30-29(17-22)32(23-8-10-25(35)11-9-23)28(33(36-30)24-6-7-24)13-12-26(38)18-27(39)19-31(40)41/h5,8-14,17,20-21,24,26-27,33,36,38-39H,6-7,15-16,18-19H2,1-4H3,(H,37,43)(H,40,41)/b13-12+. The van der Waals surface area contributed by atoms with Crippen molar-refractivity contribution in [3.63, 3.8) is 0 Å². The largest absolute Gasteiger partial charge is 0.481 e. The second-order valence-corrected chi connectivity index (χ2v) is 15.4. The van der Waals surface area contributed by atoms with Gasteiger partial charge in [0.05, 0.1) is 30.8 Å². The number of carboxylic acid groups (broad SMARTS) is 1. The lowest BCUT2D eigenvalue weighted by atomic mass is 9.82. The van der Waals surface area contributed by atoms with E-state index in [-0.39, 0.29) is 24.4 Å². The van der Waals surface area contributed by atoms with Gasteiger partial charge in [0.2, 0.25) is 0 Å². The molecule has 1 saturated carbocycles. The van der Waals surface area contributed by atoms with E-state index in [1.165, 1.54) is 12.1 Å². The van der Waals surface area contributed by atoms with E-state index in [1.807, 2.05) is 24.3 Å². The maximum absolute atomic E-state index is 14.0. The molecule has 4 rings (SSSR count). The van der Waals surface area contributed by atoms with E-state index in [2.05, 4.69) is 10.4 Å². The van der Waals surface area contributed by atoms with Gasteiger partial charge in [-0.05, 0) is 92.5 Å². The zero-order chi connectivity index (χ0) is 32.9. The number of halogens is 1. The molecule has 0 aromatic heterocycles. The second-order valence-electron chi connectivity index (χ2n) is 12.5. The van der Waals surface area contributed by atoms with E-state index in [0.717, 1.165) is 46.4 Å². The Hall–Kier alpha value is -3.30. The van der Waals surface area contributed by atoms with Crippen molar-refractivity contribution < 1.29 is 38.6 Å². The first-order valence-electron chi connectivity index (χ1n) is 15.4. The third-order valence-electron chi connectivity index (χ3n) is 7.94. The number of aliphatic hydroxyl groups excluding tert-OH is 2. The summed E-state index contributed by atoms with van der Waals surface area (Å²) >= 11 is 0. The first-order valence-corrected chi connectivity index (χ1v) is 17.8. The zero-order valence-electron chi connectivity index (χ0n) is 26.2. The number of carbonyl (C=O) groups is 2. The molecule has 244 valence electrons. The van der Waals surface area contributed by atoms with Gasteiger partial charge in [0, 0.05) is 30.5 Å². The fourth-order valence-corrected chi connectivity index (χ4v) is 7.36. The van der Waals surface area contributed by atoms with Gasteiger partial charge in [0.15, 0.2) is 0 Å². The van der Waals surface area contributed by atoms with Crippen LogP contribution < -0.4 is 10.4 Å². The normalized spacial score (nSPS) is 19.9. The number of nitrogens with one attached hydrogen (secondary N) is 2. The molecule has 0 radical (unpaired) electrons. The number of hydrogen-bond donors (Lipinski definition) is 5. The first-order chi connectivity index (χ1) is 21.2. The second kappa shape index (κ2) is 14.9. The van der Waals surface area contributed by atoms with Crippen molar-refractivity contribution >= 4 is 30.5 Å². The van der Waals surface area contributed by atoms with Gasteiger partial charge < -0.3 is 29.9 Å². The molecule has 5 N–H and O–H groups in total. The maximum atomic E-state index is 14.0. The summed E-state index contributed by atoms with van der Waals surface area (Å²) < 4.78 is 32.6. The number of aliphatic carboxylic acids is 1. The van der Waals surface area contributed by atoms with Crippen molar-refractivity contribution in [2.45, 2.75) is 83.3 Å². The number of esters is 1. The summed E-state index contributed by atoms with van der Waals surface area (Å²) in [6.45, 7) is 6.79. The molecule has 0 saturated heterocycles. The summed E-state index contributed by atoms with van der Waals surface area (Å²) in [6, 6.07) is 11.5. The monoisotopic (exact) mass is 642 g/mol. The minimum Gasteiger partial charge on any atom is -0.481 e. The van der Waals surface area contributed by atoms with E-state index in [0.29, 0.717) is 18.5 Å². The fourth-order valence-electron chi connectivity index (χ4n) is 5.62. The van der Waals surface area contributed by atoms with Crippen LogP contribution in [0.2, 0.25) is 0 Å². The number of benzene rings is 2. The summed E-state index contributed by atoms with van der Waals surface area (Å²) in [4.78, 5) is 23.2. The molecular weight excluding hydrogens is 598 g/mol. The number of aliphatic hydroxyl groups is 2. The van der Waals surface area contributed by atoms with Crippen LogP contribution in [-0.4, -0.2) is 70.5 Å². The molecule has 11 heteroatoms. The molecule has 2 aliphatic rings. The summed E-state index contributed by atoms with van der Waals surface area (Å²) in [7, 11) is -2.90. The van der Waals surface area contributed by atoms with Gasteiger partial charge in [0.25, 0.3) is 0 Å². The zero-order valence-corrected chi connectivity index (χ0v) is 27.1. The highest BCUT2D eigenvalue weighted by Crippen LogP contribution is 2.47. The van der Waals surface area contributed by atoms with E-state index in [9.17, 15) is 28.8 Å². The number of rotatable bonds is 15. The Morgan fingerprint density at radius 1 is 1.13 bits per heavy atom. The molecule has 1 fully saturated rings. The van der Waals surface area contributed by atoms with Crippen molar-refractivity contribution in [2.75, 3.05) is 18.1 Å². The average Bonchev–Trinajstić information content (AvgIpc) is 3.79. The Bertz CT molecular complexity index is 1490. The molecule has 1 aliphatic carbocycles. The van der Waals surface area contributed by atoms with Crippen LogP contribution in [0.25, 0.3) is 5.57 Å². The topological polar surface area (TPSA) is 145 Å². The van der Waals surface area contributed by atoms with E-state index in [4.69, 9.17) is 9.84 Å². The number of aryl methyl sites for hydroxylation is 1. The molecule has 45 heavy (non-hydrogen) atoms. The Morgan fingerprint density at radius 2 is 1.82 bits per heavy atom. The first kappa shape index (κ1) is 34.6. The van der Waals surface area contributed by atoms with Crippen LogP contribution in [0.15, 0.2) is 60.2 Å². The van der Waals surface area contributed by atoms with Crippen molar-refractivity contribution in [1.82, 2.24) is 5.09 Å². The van der Waals surface area contributed by atoms with Crippen LogP contribution in [0.1, 0.15) is 63.1 Å². The van der Waals surface area contributed by atoms with Crippen LogP contribution in [0, 0.1) is 11.7 Å². The lowest BCUT2D eigenvalue weighted by molar-refractivity contribution is -0.149.